The molecule has 2 unspecified atom stereocenters. The van der Waals surface area contributed by atoms with Crippen molar-refractivity contribution in [1.29, 1.82) is 0 Å². The molecular weight excluding hydrogens is 430 g/mol. The number of fused-ring (bicyclic) bond motifs is 3. The SMILES string of the molecule is O=C(NCC(O)C(O)c1ccc(-c2cnc[nH]2)cc1)OCC1c2ccccc2-c2ccccc21. The van der Waals surface area contributed by atoms with Gasteiger partial charge in [-0.05, 0) is 33.4 Å². The summed E-state index contributed by atoms with van der Waals surface area (Å²) in [5, 5.41) is 23.4. The van der Waals surface area contributed by atoms with Gasteiger partial charge in [-0.25, -0.2) is 9.78 Å². The lowest BCUT2D eigenvalue weighted by Crippen LogP contribution is -2.36. The molecule has 5 rings (SSSR count). The first-order valence-corrected chi connectivity index (χ1v) is 11.2. The van der Waals surface area contributed by atoms with Gasteiger partial charge in [-0.3, -0.25) is 0 Å². The maximum absolute atomic E-state index is 12.3. The van der Waals surface area contributed by atoms with Crippen LogP contribution in [0.3, 0.4) is 0 Å². The number of aliphatic hydroxyl groups excluding tert-OH is 2. The molecule has 1 aliphatic carbocycles. The van der Waals surface area contributed by atoms with E-state index in [9.17, 15) is 15.0 Å². The van der Waals surface area contributed by atoms with Gasteiger partial charge in [-0.2, -0.15) is 0 Å². The summed E-state index contributed by atoms with van der Waals surface area (Å²) in [6.07, 6.45) is 0.334. The number of nitrogens with zero attached hydrogens (tertiary/aromatic N) is 1. The maximum atomic E-state index is 12.3. The van der Waals surface area contributed by atoms with E-state index in [2.05, 4.69) is 39.6 Å². The molecule has 7 heteroatoms. The fourth-order valence-electron chi connectivity index (χ4n) is 4.44. The summed E-state index contributed by atoms with van der Waals surface area (Å²) in [4.78, 5) is 19.3. The largest absolute Gasteiger partial charge is 0.449 e. The summed E-state index contributed by atoms with van der Waals surface area (Å²) < 4.78 is 5.48. The van der Waals surface area contributed by atoms with Crippen LogP contribution in [0.15, 0.2) is 85.3 Å². The Hall–Kier alpha value is -3.94. The van der Waals surface area contributed by atoms with Crippen molar-refractivity contribution < 1.29 is 19.7 Å². The molecule has 172 valence electrons. The van der Waals surface area contributed by atoms with Crippen molar-refractivity contribution in [2.45, 2.75) is 18.1 Å². The molecule has 1 aromatic heterocycles. The first kappa shape index (κ1) is 21.9. The standard InChI is InChI=1S/C27H25N3O4/c31-25(26(32)18-11-9-17(10-12-18)24-13-28-16-30-24)14-29-27(33)34-15-23-21-7-3-1-5-19(21)20-6-2-4-8-22(20)23/h1-13,16,23,25-26,31-32H,14-15H2,(H,28,30)(H,29,33). The highest BCUT2D eigenvalue weighted by Gasteiger charge is 2.29. The van der Waals surface area contributed by atoms with Crippen molar-refractivity contribution in [1.82, 2.24) is 15.3 Å². The Morgan fingerprint density at radius 1 is 0.971 bits per heavy atom. The molecule has 0 saturated carbocycles. The Morgan fingerprint density at radius 2 is 1.62 bits per heavy atom. The number of carbonyl (C=O) groups is 1. The Balaban J connectivity index is 1.15. The number of aliphatic hydroxyl groups is 2. The molecule has 34 heavy (non-hydrogen) atoms. The first-order valence-electron chi connectivity index (χ1n) is 11.2. The van der Waals surface area contributed by atoms with Gasteiger partial charge >= 0.3 is 6.09 Å². The molecule has 4 N–H and O–H groups in total. The van der Waals surface area contributed by atoms with Crippen LogP contribution in [0.4, 0.5) is 4.79 Å². The van der Waals surface area contributed by atoms with Gasteiger partial charge in [0.2, 0.25) is 0 Å². The van der Waals surface area contributed by atoms with E-state index >= 15 is 0 Å². The minimum atomic E-state index is -1.18. The number of aromatic nitrogens is 2. The molecule has 1 heterocycles. The smallest absolute Gasteiger partial charge is 0.407 e. The van der Waals surface area contributed by atoms with E-state index in [1.807, 2.05) is 36.4 Å². The highest BCUT2D eigenvalue weighted by atomic mass is 16.5. The molecule has 0 saturated heterocycles. The Kier molecular flexibility index (Phi) is 6.12. The zero-order chi connectivity index (χ0) is 23.5. The summed E-state index contributed by atoms with van der Waals surface area (Å²) in [5.74, 6) is -0.0398. The number of rotatable bonds is 7. The normalized spacial score (nSPS) is 14.2. The minimum absolute atomic E-state index is 0.0398. The summed E-state index contributed by atoms with van der Waals surface area (Å²) >= 11 is 0. The second kappa shape index (κ2) is 9.51. The summed E-state index contributed by atoms with van der Waals surface area (Å²) in [6.45, 7) is 0.0493. The molecule has 0 fully saturated rings. The Bertz CT molecular complexity index is 1230. The van der Waals surface area contributed by atoms with Crippen molar-refractivity contribution in [3.05, 3.63) is 102 Å². The number of carbonyl (C=O) groups excluding carboxylic acids is 1. The van der Waals surface area contributed by atoms with Gasteiger partial charge in [-0.15, -0.1) is 0 Å². The van der Waals surface area contributed by atoms with Crippen molar-refractivity contribution in [2.75, 3.05) is 13.2 Å². The topological polar surface area (TPSA) is 107 Å². The molecule has 0 aliphatic heterocycles. The molecule has 3 aromatic carbocycles. The number of benzene rings is 3. The van der Waals surface area contributed by atoms with Gasteiger partial charge in [-0.1, -0.05) is 72.8 Å². The Labute approximate surface area is 197 Å². The zero-order valence-corrected chi connectivity index (χ0v) is 18.4. The van der Waals surface area contributed by atoms with Crippen molar-refractivity contribution in [3.8, 4) is 22.4 Å². The molecule has 1 aliphatic rings. The fourth-order valence-corrected chi connectivity index (χ4v) is 4.44. The van der Waals surface area contributed by atoms with E-state index in [1.165, 1.54) is 0 Å². The van der Waals surface area contributed by atoms with Crippen molar-refractivity contribution >= 4 is 6.09 Å². The lowest BCUT2D eigenvalue weighted by Gasteiger charge is -2.19. The third kappa shape index (κ3) is 4.31. The molecule has 7 nitrogen and oxygen atoms in total. The molecular formula is C27H25N3O4. The van der Waals surface area contributed by atoms with Gasteiger partial charge < -0.3 is 25.3 Å². The molecule has 2 atom stereocenters. The number of amides is 1. The first-order chi connectivity index (χ1) is 16.6. The molecule has 1 amide bonds. The van der Waals surface area contributed by atoms with Crippen LogP contribution in [0.1, 0.15) is 28.7 Å². The molecule has 0 bridgehead atoms. The second-order valence-corrected chi connectivity index (χ2v) is 8.31. The van der Waals surface area contributed by atoms with Gasteiger partial charge in [0.1, 0.15) is 18.8 Å². The van der Waals surface area contributed by atoms with Crippen LogP contribution in [-0.2, 0) is 4.74 Å². The quantitative estimate of drug-likeness (QED) is 0.337. The van der Waals surface area contributed by atoms with Crippen LogP contribution < -0.4 is 5.32 Å². The van der Waals surface area contributed by atoms with Crippen LogP contribution in [0.2, 0.25) is 0 Å². The number of H-pyrrole nitrogens is 1. The number of hydrogen-bond donors (Lipinski definition) is 4. The predicted octanol–water partition coefficient (Wildman–Crippen LogP) is 4.01. The summed E-state index contributed by atoms with van der Waals surface area (Å²) in [5.41, 5.74) is 6.90. The predicted molar refractivity (Wildman–Crippen MR) is 128 cm³/mol. The van der Waals surface area contributed by atoms with Crippen LogP contribution in [0.25, 0.3) is 22.4 Å². The van der Waals surface area contributed by atoms with Crippen LogP contribution in [0.5, 0.6) is 0 Å². The van der Waals surface area contributed by atoms with Gasteiger partial charge in [0.15, 0.2) is 0 Å². The summed E-state index contributed by atoms with van der Waals surface area (Å²) in [7, 11) is 0. The highest BCUT2D eigenvalue weighted by molar-refractivity contribution is 5.79. The van der Waals surface area contributed by atoms with Gasteiger partial charge in [0, 0.05) is 12.5 Å². The lowest BCUT2D eigenvalue weighted by atomic mass is 9.98. The minimum Gasteiger partial charge on any atom is -0.449 e. The number of alkyl carbamates (subject to hydrolysis) is 1. The second-order valence-electron chi connectivity index (χ2n) is 8.31. The Morgan fingerprint density at radius 3 is 2.24 bits per heavy atom. The number of aromatic amines is 1. The average Bonchev–Trinajstić information content (AvgIpc) is 3.53. The fraction of sp³-hybridized carbons (Fsp3) is 0.185. The number of nitrogens with one attached hydrogen (secondary N) is 2. The molecule has 0 radical (unpaired) electrons. The van der Waals surface area contributed by atoms with E-state index in [1.54, 1.807) is 24.7 Å². The lowest BCUT2D eigenvalue weighted by molar-refractivity contribution is 0.0185. The van der Waals surface area contributed by atoms with Crippen LogP contribution >= 0.6 is 0 Å². The third-order valence-corrected chi connectivity index (χ3v) is 6.23. The van der Waals surface area contributed by atoms with Crippen LogP contribution in [0, 0.1) is 0 Å². The average molecular weight is 456 g/mol. The number of hydrogen-bond acceptors (Lipinski definition) is 5. The van der Waals surface area contributed by atoms with E-state index in [-0.39, 0.29) is 19.1 Å². The number of imidazole rings is 1. The molecule has 4 aromatic rings. The van der Waals surface area contributed by atoms with Gasteiger partial charge in [0.25, 0.3) is 0 Å². The van der Waals surface area contributed by atoms with E-state index in [0.717, 1.165) is 33.5 Å². The van der Waals surface area contributed by atoms with E-state index in [4.69, 9.17) is 4.74 Å². The van der Waals surface area contributed by atoms with E-state index in [0.29, 0.717) is 5.56 Å². The molecule has 0 spiro atoms. The maximum Gasteiger partial charge on any atom is 0.407 e. The zero-order valence-electron chi connectivity index (χ0n) is 18.4. The highest BCUT2D eigenvalue weighted by Crippen LogP contribution is 2.44. The van der Waals surface area contributed by atoms with Crippen molar-refractivity contribution in [2.24, 2.45) is 0 Å². The summed E-state index contributed by atoms with van der Waals surface area (Å²) in [6, 6.07) is 23.4. The van der Waals surface area contributed by atoms with Gasteiger partial charge in [0.05, 0.1) is 18.2 Å². The number of ether oxygens (including phenoxy) is 1. The van der Waals surface area contributed by atoms with Crippen LogP contribution in [-0.4, -0.2) is 45.5 Å². The van der Waals surface area contributed by atoms with Crippen molar-refractivity contribution in [3.63, 3.8) is 0 Å². The third-order valence-electron chi connectivity index (χ3n) is 6.23. The monoisotopic (exact) mass is 455 g/mol. The van der Waals surface area contributed by atoms with E-state index < -0.39 is 18.3 Å².